The minimum Gasteiger partial charge on any atom is -0.280 e. The molecule has 0 spiro atoms. The first kappa shape index (κ1) is 18.6. The van der Waals surface area contributed by atoms with Crippen LogP contribution < -0.4 is 0 Å². The van der Waals surface area contributed by atoms with Crippen LogP contribution in [-0.2, 0) is 14.9 Å². The largest absolute Gasteiger partial charge is 0.328 e. The maximum Gasteiger partial charge on any atom is 0.328 e. The maximum absolute atomic E-state index is 10.9. The van der Waals surface area contributed by atoms with Gasteiger partial charge in [-0.05, 0) is 6.42 Å². The number of hydrogen-bond donors (Lipinski definition) is 1. The second kappa shape index (κ2) is 11.4. The number of hydrogen-bond acceptors (Lipinski definition) is 3. The van der Waals surface area contributed by atoms with Crippen molar-refractivity contribution in [1.29, 1.82) is 0 Å². The minimum absolute atomic E-state index is 0.0597. The fourth-order valence-electron chi connectivity index (χ4n) is 2.06. The smallest absolute Gasteiger partial charge is 0.280 e. The summed E-state index contributed by atoms with van der Waals surface area (Å²) in [5.74, 6) is 0. The summed E-state index contributed by atoms with van der Waals surface area (Å²) in [6.45, 7) is 2.22. The van der Waals surface area contributed by atoms with Crippen molar-refractivity contribution in [2.24, 2.45) is 0 Å². The van der Waals surface area contributed by atoms with Crippen molar-refractivity contribution in [1.82, 2.24) is 0 Å². The van der Waals surface area contributed by atoms with Gasteiger partial charge in [0.2, 0.25) is 0 Å². The quantitative estimate of drug-likeness (QED) is 0.434. The predicted molar refractivity (Wildman–Crippen MR) is 77.6 cm³/mol. The molecule has 0 unspecified atom stereocenters. The Kier molecular flexibility index (Phi) is 11.2. The highest BCUT2D eigenvalue weighted by Gasteiger charge is 2.16. The van der Waals surface area contributed by atoms with Gasteiger partial charge < -0.3 is 0 Å². The van der Waals surface area contributed by atoms with Crippen LogP contribution in [0.4, 0.5) is 0 Å². The van der Waals surface area contributed by atoms with Crippen molar-refractivity contribution in [3.05, 3.63) is 0 Å². The van der Waals surface area contributed by atoms with Gasteiger partial charge in [0, 0.05) is 6.42 Å². The Balaban J connectivity index is 3.22. The molecule has 0 radical (unpaired) electrons. The van der Waals surface area contributed by atoms with E-state index in [2.05, 4.69) is 6.92 Å². The Morgan fingerprint density at radius 1 is 0.789 bits per heavy atom. The Hall–Kier alpha value is -0.420. The van der Waals surface area contributed by atoms with E-state index in [1.165, 1.54) is 44.9 Å². The van der Waals surface area contributed by atoms with Gasteiger partial charge in [0.25, 0.3) is 5.12 Å². The zero-order valence-electron chi connectivity index (χ0n) is 12.1. The average molecular weight is 292 g/mol. The van der Waals surface area contributed by atoms with Crippen LogP contribution in [0.15, 0.2) is 0 Å². The summed E-state index contributed by atoms with van der Waals surface area (Å²) >= 11 is 0. The van der Waals surface area contributed by atoms with Crippen LogP contribution in [0.3, 0.4) is 0 Å². The molecule has 0 atom stereocenters. The Bertz CT molecular complexity index is 322. The zero-order valence-corrected chi connectivity index (χ0v) is 12.9. The highest BCUT2D eigenvalue weighted by Crippen LogP contribution is 2.12. The lowest BCUT2D eigenvalue weighted by atomic mass is 10.1. The van der Waals surface area contributed by atoms with E-state index in [-0.39, 0.29) is 6.42 Å². The molecule has 1 N–H and O–H groups in total. The van der Waals surface area contributed by atoms with Crippen LogP contribution in [-0.4, -0.2) is 18.1 Å². The van der Waals surface area contributed by atoms with Crippen molar-refractivity contribution in [2.75, 3.05) is 0 Å². The molecule has 4 nitrogen and oxygen atoms in total. The van der Waals surface area contributed by atoms with E-state index >= 15 is 0 Å². The van der Waals surface area contributed by atoms with Crippen LogP contribution in [0.2, 0.25) is 0 Å². The zero-order chi connectivity index (χ0) is 14.6. The van der Waals surface area contributed by atoms with Crippen molar-refractivity contribution in [3.8, 4) is 0 Å². The van der Waals surface area contributed by atoms with Gasteiger partial charge in [-0.15, -0.1) is 0 Å². The van der Waals surface area contributed by atoms with Gasteiger partial charge in [0.05, 0.1) is 0 Å². The third-order valence-corrected chi connectivity index (χ3v) is 4.05. The van der Waals surface area contributed by atoms with E-state index in [1.54, 1.807) is 0 Å². The summed E-state index contributed by atoms with van der Waals surface area (Å²) in [5, 5.41) is -1.05. The molecule has 0 amide bonds. The third kappa shape index (κ3) is 12.4. The van der Waals surface area contributed by atoms with Crippen LogP contribution in [0.25, 0.3) is 0 Å². The molecule has 0 aliphatic rings. The van der Waals surface area contributed by atoms with Crippen molar-refractivity contribution >= 4 is 15.2 Å². The highest BCUT2D eigenvalue weighted by atomic mass is 32.2. The first-order chi connectivity index (χ1) is 8.98. The molecule has 0 aromatic carbocycles. The molecular formula is C14H28O4S. The second-order valence-corrected chi connectivity index (χ2v) is 6.54. The number of rotatable bonds is 12. The topological polar surface area (TPSA) is 71.4 Å². The van der Waals surface area contributed by atoms with E-state index in [4.69, 9.17) is 4.55 Å². The van der Waals surface area contributed by atoms with Crippen LogP contribution >= 0.6 is 0 Å². The maximum atomic E-state index is 10.9. The third-order valence-electron chi connectivity index (χ3n) is 3.27. The molecular weight excluding hydrogens is 264 g/mol. The molecule has 0 saturated heterocycles. The Labute approximate surface area is 117 Å². The molecule has 0 aliphatic heterocycles. The van der Waals surface area contributed by atoms with E-state index in [0.29, 0.717) is 6.42 Å². The summed E-state index contributed by atoms with van der Waals surface area (Å²) in [6, 6.07) is 0. The van der Waals surface area contributed by atoms with E-state index in [9.17, 15) is 13.2 Å². The monoisotopic (exact) mass is 292 g/mol. The minimum atomic E-state index is -4.45. The lowest BCUT2D eigenvalue weighted by molar-refractivity contribution is -0.112. The normalized spacial score (nSPS) is 11.7. The molecule has 5 heteroatoms. The highest BCUT2D eigenvalue weighted by molar-refractivity contribution is 8.01. The van der Waals surface area contributed by atoms with Gasteiger partial charge in [-0.1, -0.05) is 71.1 Å². The van der Waals surface area contributed by atoms with Crippen molar-refractivity contribution in [3.63, 3.8) is 0 Å². The van der Waals surface area contributed by atoms with Crippen molar-refractivity contribution in [2.45, 2.75) is 84.0 Å². The Morgan fingerprint density at radius 2 is 1.16 bits per heavy atom. The molecule has 0 aromatic heterocycles. The second-order valence-electron chi connectivity index (χ2n) is 5.13. The standard InChI is InChI=1S/C14H28O4S/c1-2-3-4-5-6-7-8-9-10-11-12-13-14(15)19(16,17)18/h2-13H2,1H3,(H,16,17,18). The van der Waals surface area contributed by atoms with E-state index in [0.717, 1.165) is 19.3 Å². The van der Waals surface area contributed by atoms with Gasteiger partial charge in [0.15, 0.2) is 0 Å². The Morgan fingerprint density at radius 3 is 1.53 bits per heavy atom. The van der Waals surface area contributed by atoms with Crippen molar-refractivity contribution < 1.29 is 17.8 Å². The van der Waals surface area contributed by atoms with Gasteiger partial charge in [-0.2, -0.15) is 8.42 Å². The SMILES string of the molecule is CCCCCCCCCCCCCC(=O)S(=O)(=O)O. The summed E-state index contributed by atoms with van der Waals surface area (Å²) in [6.07, 6.45) is 12.6. The molecule has 0 aromatic rings. The van der Waals surface area contributed by atoms with E-state index in [1.807, 2.05) is 0 Å². The molecule has 19 heavy (non-hydrogen) atoms. The van der Waals surface area contributed by atoms with Crippen LogP contribution in [0.5, 0.6) is 0 Å². The number of carbonyl (C=O) groups is 1. The first-order valence-corrected chi connectivity index (χ1v) is 8.92. The number of carbonyl (C=O) groups excluding carboxylic acids is 1. The molecule has 0 heterocycles. The van der Waals surface area contributed by atoms with Gasteiger partial charge >= 0.3 is 10.1 Å². The fourth-order valence-corrected chi connectivity index (χ4v) is 2.46. The molecule has 0 bridgehead atoms. The molecule has 0 rings (SSSR count). The summed E-state index contributed by atoms with van der Waals surface area (Å²) in [7, 11) is -4.45. The number of unbranched alkanes of at least 4 members (excludes halogenated alkanes) is 10. The lowest BCUT2D eigenvalue weighted by Gasteiger charge is -2.02. The fraction of sp³-hybridized carbons (Fsp3) is 0.929. The van der Waals surface area contributed by atoms with Gasteiger partial charge in [0.1, 0.15) is 0 Å². The molecule has 0 aliphatic carbocycles. The van der Waals surface area contributed by atoms with E-state index < -0.39 is 15.2 Å². The lowest BCUT2D eigenvalue weighted by Crippen LogP contribution is -2.12. The predicted octanol–water partition coefficient (Wildman–Crippen LogP) is 4.10. The molecule has 0 saturated carbocycles. The molecule has 0 fully saturated rings. The van der Waals surface area contributed by atoms with Crippen LogP contribution in [0, 0.1) is 0 Å². The van der Waals surface area contributed by atoms with Gasteiger partial charge in [-0.25, -0.2) is 0 Å². The average Bonchev–Trinajstić information content (AvgIpc) is 2.34. The molecule has 114 valence electrons. The van der Waals surface area contributed by atoms with Gasteiger partial charge in [-0.3, -0.25) is 9.35 Å². The van der Waals surface area contributed by atoms with Crippen LogP contribution in [0.1, 0.15) is 84.0 Å². The summed E-state index contributed by atoms with van der Waals surface area (Å²) in [4.78, 5) is 10.9. The first-order valence-electron chi connectivity index (χ1n) is 7.48. The summed E-state index contributed by atoms with van der Waals surface area (Å²) in [5.41, 5.74) is 0. The summed E-state index contributed by atoms with van der Waals surface area (Å²) < 4.78 is 29.4.